The number of hydrogen-bond donors (Lipinski definition) is 1. The summed E-state index contributed by atoms with van der Waals surface area (Å²) in [4.78, 5) is 14.5. The molecule has 1 unspecified atom stereocenters. The maximum atomic E-state index is 13.6. The molecule has 1 amide bonds. The molecule has 1 fully saturated rings. The molecule has 0 aromatic heterocycles. The average molecular weight is 386 g/mol. The first kappa shape index (κ1) is 20.0. The van der Waals surface area contributed by atoms with E-state index in [1.165, 1.54) is 18.2 Å². The van der Waals surface area contributed by atoms with Crippen molar-refractivity contribution in [1.29, 1.82) is 0 Å². The van der Waals surface area contributed by atoms with Crippen LogP contribution in [0, 0.1) is 11.6 Å². The van der Waals surface area contributed by atoms with Crippen molar-refractivity contribution in [2.24, 2.45) is 0 Å². The third kappa shape index (κ3) is 5.16. The fourth-order valence-corrected chi connectivity index (χ4v) is 3.19. The van der Waals surface area contributed by atoms with Gasteiger partial charge in [-0.2, -0.15) is 0 Å². The van der Waals surface area contributed by atoms with Crippen molar-refractivity contribution in [2.45, 2.75) is 26.0 Å². The number of carbonyl (C=O) groups excluding carboxylic acids is 1. The second kappa shape index (κ2) is 8.97. The largest absolute Gasteiger partial charge is 0.375 e. The number of benzene rings is 2. The van der Waals surface area contributed by atoms with E-state index in [1.54, 1.807) is 0 Å². The minimum Gasteiger partial charge on any atom is -0.375 e. The molecule has 2 aromatic carbocycles. The minimum absolute atomic E-state index is 0.160. The summed E-state index contributed by atoms with van der Waals surface area (Å²) in [5, 5.41) is 2.87. The van der Waals surface area contributed by atoms with E-state index in [1.807, 2.05) is 25.1 Å². The predicted molar refractivity (Wildman–Crippen MR) is 106 cm³/mol. The van der Waals surface area contributed by atoms with Crippen LogP contribution in [-0.2, 0) is 9.53 Å². The number of amides is 1. The molecule has 2 atom stereocenters. The van der Waals surface area contributed by atoms with Gasteiger partial charge in [0.2, 0.25) is 5.91 Å². The van der Waals surface area contributed by atoms with Crippen LogP contribution < -0.4 is 10.2 Å². The van der Waals surface area contributed by atoms with Crippen LogP contribution in [0.4, 0.5) is 14.5 Å². The van der Waals surface area contributed by atoms with Gasteiger partial charge in [0, 0.05) is 36.5 Å². The van der Waals surface area contributed by atoms with Crippen molar-refractivity contribution in [2.75, 3.05) is 24.6 Å². The van der Waals surface area contributed by atoms with Gasteiger partial charge in [-0.05, 0) is 49.8 Å². The smallest absolute Gasteiger partial charge is 0.244 e. The Bertz CT molecular complexity index is 869. The fourth-order valence-electron chi connectivity index (χ4n) is 3.19. The minimum atomic E-state index is -0.704. The molecule has 1 aliphatic heterocycles. The molecule has 0 bridgehead atoms. The lowest BCUT2D eigenvalue weighted by molar-refractivity contribution is -0.117. The van der Waals surface area contributed by atoms with Crippen LogP contribution in [0.1, 0.15) is 31.0 Å². The van der Waals surface area contributed by atoms with E-state index in [-0.39, 0.29) is 23.6 Å². The van der Waals surface area contributed by atoms with Crippen LogP contribution in [0.2, 0.25) is 0 Å². The molecule has 0 aliphatic carbocycles. The Morgan fingerprint density at radius 3 is 2.86 bits per heavy atom. The van der Waals surface area contributed by atoms with Gasteiger partial charge in [-0.1, -0.05) is 12.1 Å². The van der Waals surface area contributed by atoms with Crippen LogP contribution in [0.15, 0.2) is 48.5 Å². The molecular weight excluding hydrogens is 362 g/mol. The normalized spacial score (nSPS) is 18.3. The van der Waals surface area contributed by atoms with E-state index in [0.717, 1.165) is 36.5 Å². The van der Waals surface area contributed by atoms with E-state index in [2.05, 4.69) is 23.2 Å². The first-order chi connectivity index (χ1) is 13.4. The summed E-state index contributed by atoms with van der Waals surface area (Å²) in [7, 11) is 0. The van der Waals surface area contributed by atoms with Crippen molar-refractivity contribution in [1.82, 2.24) is 5.32 Å². The van der Waals surface area contributed by atoms with Crippen molar-refractivity contribution >= 4 is 17.7 Å². The van der Waals surface area contributed by atoms with Gasteiger partial charge in [0.15, 0.2) is 0 Å². The SMILES string of the molecule is CC1CN(c2cccc([C@H](C)NC(=O)C=Cc3ccc(F)cc3F)c2)CCO1. The van der Waals surface area contributed by atoms with Crippen molar-refractivity contribution in [3.8, 4) is 0 Å². The average Bonchev–Trinajstić information content (AvgIpc) is 2.67. The number of nitrogens with zero attached hydrogens (tertiary/aromatic N) is 1. The van der Waals surface area contributed by atoms with E-state index < -0.39 is 11.6 Å². The zero-order valence-electron chi connectivity index (χ0n) is 16.0. The van der Waals surface area contributed by atoms with Gasteiger partial charge in [0.1, 0.15) is 11.6 Å². The van der Waals surface area contributed by atoms with Gasteiger partial charge in [0.25, 0.3) is 0 Å². The lowest BCUT2D eigenvalue weighted by Crippen LogP contribution is -2.41. The van der Waals surface area contributed by atoms with E-state index in [9.17, 15) is 13.6 Å². The molecule has 0 saturated carbocycles. The van der Waals surface area contributed by atoms with Crippen molar-refractivity contribution in [3.05, 3.63) is 71.3 Å². The van der Waals surface area contributed by atoms with Crippen LogP contribution in [0.3, 0.4) is 0 Å². The van der Waals surface area contributed by atoms with Crippen LogP contribution in [-0.4, -0.2) is 31.7 Å². The Morgan fingerprint density at radius 2 is 2.11 bits per heavy atom. The molecule has 0 spiro atoms. The number of hydrogen-bond acceptors (Lipinski definition) is 3. The molecule has 0 radical (unpaired) electrons. The van der Waals surface area contributed by atoms with E-state index in [4.69, 9.17) is 4.74 Å². The molecule has 1 saturated heterocycles. The molecule has 3 rings (SSSR count). The van der Waals surface area contributed by atoms with Crippen LogP contribution in [0.25, 0.3) is 6.08 Å². The molecule has 2 aromatic rings. The molecule has 6 heteroatoms. The molecule has 28 heavy (non-hydrogen) atoms. The van der Waals surface area contributed by atoms with Gasteiger partial charge in [-0.3, -0.25) is 4.79 Å². The van der Waals surface area contributed by atoms with E-state index in [0.29, 0.717) is 6.61 Å². The summed E-state index contributed by atoms with van der Waals surface area (Å²) in [6, 6.07) is 11.1. The molecule has 4 nitrogen and oxygen atoms in total. The monoisotopic (exact) mass is 386 g/mol. The second-order valence-electron chi connectivity index (χ2n) is 6.95. The second-order valence-corrected chi connectivity index (χ2v) is 6.95. The Morgan fingerprint density at radius 1 is 1.29 bits per heavy atom. The highest BCUT2D eigenvalue weighted by Crippen LogP contribution is 2.22. The Hall–Kier alpha value is -2.73. The Kier molecular flexibility index (Phi) is 6.41. The first-order valence-corrected chi connectivity index (χ1v) is 9.32. The molecular formula is C22H24F2N2O2. The number of anilines is 1. The highest BCUT2D eigenvalue weighted by molar-refractivity contribution is 5.92. The summed E-state index contributed by atoms with van der Waals surface area (Å²) in [6.45, 7) is 6.31. The number of ether oxygens (including phenoxy) is 1. The van der Waals surface area contributed by atoms with Crippen LogP contribution >= 0.6 is 0 Å². The number of halogens is 2. The molecule has 148 valence electrons. The summed E-state index contributed by atoms with van der Waals surface area (Å²) < 4.78 is 32.2. The van der Waals surface area contributed by atoms with Crippen molar-refractivity contribution in [3.63, 3.8) is 0 Å². The van der Waals surface area contributed by atoms with Gasteiger partial charge in [0.05, 0.1) is 18.8 Å². The zero-order valence-corrected chi connectivity index (χ0v) is 16.0. The van der Waals surface area contributed by atoms with Crippen molar-refractivity contribution < 1.29 is 18.3 Å². The molecule has 1 aliphatic rings. The van der Waals surface area contributed by atoms with Gasteiger partial charge in [-0.15, -0.1) is 0 Å². The third-order valence-electron chi connectivity index (χ3n) is 4.71. The summed E-state index contributed by atoms with van der Waals surface area (Å²) in [5.41, 5.74) is 2.23. The number of nitrogens with one attached hydrogen (secondary N) is 1. The lowest BCUT2D eigenvalue weighted by Gasteiger charge is -2.33. The van der Waals surface area contributed by atoms with E-state index >= 15 is 0 Å². The quantitative estimate of drug-likeness (QED) is 0.788. The molecule has 1 N–H and O–H groups in total. The van der Waals surface area contributed by atoms with Crippen LogP contribution in [0.5, 0.6) is 0 Å². The Labute approximate surface area is 163 Å². The topological polar surface area (TPSA) is 41.6 Å². The molecule has 1 heterocycles. The number of rotatable bonds is 5. The maximum Gasteiger partial charge on any atom is 0.244 e. The standard InChI is InChI=1S/C22H24F2N2O2/c1-15-14-26(10-11-28-15)20-5-3-4-18(12-20)16(2)25-22(27)9-7-17-6-8-19(23)13-21(17)24/h3-9,12-13,15-16H,10-11,14H2,1-2H3,(H,25,27)/t15?,16-/m0/s1. The number of morpholine rings is 1. The summed E-state index contributed by atoms with van der Waals surface area (Å²) in [6.07, 6.45) is 2.77. The zero-order chi connectivity index (χ0) is 20.1. The number of carbonyl (C=O) groups is 1. The Balaban J connectivity index is 1.64. The first-order valence-electron chi connectivity index (χ1n) is 9.32. The highest BCUT2D eigenvalue weighted by atomic mass is 19.1. The highest BCUT2D eigenvalue weighted by Gasteiger charge is 2.18. The van der Waals surface area contributed by atoms with Gasteiger partial charge < -0.3 is 15.0 Å². The van der Waals surface area contributed by atoms with Gasteiger partial charge >= 0.3 is 0 Å². The maximum absolute atomic E-state index is 13.6. The predicted octanol–water partition coefficient (Wildman–Crippen LogP) is 4.08. The van der Waals surface area contributed by atoms with Gasteiger partial charge in [-0.25, -0.2) is 8.78 Å². The third-order valence-corrected chi connectivity index (χ3v) is 4.71. The summed E-state index contributed by atoms with van der Waals surface area (Å²) >= 11 is 0. The lowest BCUT2D eigenvalue weighted by atomic mass is 10.1. The summed E-state index contributed by atoms with van der Waals surface area (Å²) in [5.74, 6) is -1.70. The fraction of sp³-hybridized carbons (Fsp3) is 0.318.